The smallest absolute Gasteiger partial charge is 0.407 e. The van der Waals surface area contributed by atoms with Crippen LogP contribution in [0.5, 0.6) is 0 Å². The summed E-state index contributed by atoms with van der Waals surface area (Å²) in [6, 6.07) is 11.4. The number of hydrogen-bond donors (Lipinski definition) is 2. The van der Waals surface area contributed by atoms with Crippen molar-refractivity contribution in [1.29, 1.82) is 0 Å². The number of carbonyl (C=O) groups is 2. The predicted molar refractivity (Wildman–Crippen MR) is 108 cm³/mol. The SMILES string of the molecule is Cc1cnccc1NC(=O)C1CCC(CNC(=O)OCc2ccccc2)CC1. The van der Waals surface area contributed by atoms with Gasteiger partial charge in [0, 0.05) is 30.5 Å². The number of alkyl carbamates (subject to hydrolysis) is 1. The van der Waals surface area contributed by atoms with E-state index in [1.165, 1.54) is 0 Å². The fourth-order valence-corrected chi connectivity index (χ4v) is 3.48. The number of aryl methyl sites for hydroxylation is 1. The first-order valence-corrected chi connectivity index (χ1v) is 9.78. The maximum atomic E-state index is 12.5. The Morgan fingerprint density at radius 2 is 1.86 bits per heavy atom. The van der Waals surface area contributed by atoms with E-state index in [0.29, 0.717) is 12.5 Å². The first-order chi connectivity index (χ1) is 13.6. The molecule has 0 radical (unpaired) electrons. The third-order valence-corrected chi connectivity index (χ3v) is 5.24. The number of amides is 2. The Morgan fingerprint density at radius 3 is 2.57 bits per heavy atom. The fraction of sp³-hybridized carbons (Fsp3) is 0.409. The number of rotatable bonds is 6. The van der Waals surface area contributed by atoms with Crippen LogP contribution in [0.3, 0.4) is 0 Å². The number of ether oxygens (including phenoxy) is 1. The van der Waals surface area contributed by atoms with Crippen molar-refractivity contribution < 1.29 is 14.3 Å². The van der Waals surface area contributed by atoms with E-state index in [2.05, 4.69) is 15.6 Å². The van der Waals surface area contributed by atoms with Crippen LogP contribution in [-0.2, 0) is 16.1 Å². The lowest BCUT2D eigenvalue weighted by Crippen LogP contribution is -2.34. The Hall–Kier alpha value is -2.89. The van der Waals surface area contributed by atoms with Crippen molar-refractivity contribution in [1.82, 2.24) is 10.3 Å². The van der Waals surface area contributed by atoms with Crippen LogP contribution in [0.15, 0.2) is 48.8 Å². The molecule has 2 N–H and O–H groups in total. The third-order valence-electron chi connectivity index (χ3n) is 5.24. The Bertz CT molecular complexity index is 787. The van der Waals surface area contributed by atoms with Crippen LogP contribution in [0.4, 0.5) is 10.5 Å². The van der Waals surface area contributed by atoms with E-state index in [1.807, 2.05) is 43.3 Å². The van der Waals surface area contributed by atoms with Crippen molar-refractivity contribution in [3.05, 3.63) is 59.9 Å². The van der Waals surface area contributed by atoms with E-state index < -0.39 is 6.09 Å². The van der Waals surface area contributed by atoms with Gasteiger partial charge in [0.2, 0.25) is 5.91 Å². The molecule has 2 aromatic rings. The van der Waals surface area contributed by atoms with Gasteiger partial charge in [-0.1, -0.05) is 30.3 Å². The number of aromatic nitrogens is 1. The lowest BCUT2D eigenvalue weighted by atomic mass is 9.81. The molecule has 6 heteroatoms. The van der Waals surface area contributed by atoms with Crippen molar-refractivity contribution >= 4 is 17.7 Å². The van der Waals surface area contributed by atoms with Crippen LogP contribution in [0.25, 0.3) is 0 Å². The molecule has 0 unspecified atom stereocenters. The minimum atomic E-state index is -0.392. The van der Waals surface area contributed by atoms with E-state index >= 15 is 0 Å². The van der Waals surface area contributed by atoms with E-state index in [0.717, 1.165) is 42.5 Å². The number of hydrogen-bond acceptors (Lipinski definition) is 4. The second-order valence-electron chi connectivity index (χ2n) is 7.34. The highest BCUT2D eigenvalue weighted by Gasteiger charge is 2.26. The van der Waals surface area contributed by atoms with Crippen molar-refractivity contribution in [3.63, 3.8) is 0 Å². The molecule has 148 valence electrons. The van der Waals surface area contributed by atoms with Crippen LogP contribution < -0.4 is 10.6 Å². The van der Waals surface area contributed by atoms with Crippen molar-refractivity contribution in [2.45, 2.75) is 39.2 Å². The molecule has 1 fully saturated rings. The first kappa shape index (κ1) is 19.9. The largest absolute Gasteiger partial charge is 0.445 e. The van der Waals surface area contributed by atoms with Gasteiger partial charge in [0.05, 0.1) is 0 Å². The zero-order chi connectivity index (χ0) is 19.8. The average molecular weight is 381 g/mol. The molecule has 0 saturated heterocycles. The molecule has 1 saturated carbocycles. The molecule has 6 nitrogen and oxygen atoms in total. The van der Waals surface area contributed by atoms with E-state index in [-0.39, 0.29) is 18.4 Å². The molecule has 0 atom stereocenters. The van der Waals surface area contributed by atoms with Crippen LogP contribution >= 0.6 is 0 Å². The molecule has 1 heterocycles. The molecule has 28 heavy (non-hydrogen) atoms. The molecular weight excluding hydrogens is 354 g/mol. The summed E-state index contributed by atoms with van der Waals surface area (Å²) in [6.07, 6.45) is 6.55. The summed E-state index contributed by atoms with van der Waals surface area (Å²) < 4.78 is 5.24. The molecule has 0 spiro atoms. The van der Waals surface area contributed by atoms with Gasteiger partial charge >= 0.3 is 6.09 Å². The van der Waals surface area contributed by atoms with Crippen LogP contribution in [0.1, 0.15) is 36.8 Å². The van der Waals surface area contributed by atoms with Crippen molar-refractivity contribution in [2.75, 3.05) is 11.9 Å². The van der Waals surface area contributed by atoms with Gasteiger partial charge in [-0.25, -0.2) is 4.79 Å². The van der Waals surface area contributed by atoms with Gasteiger partial charge in [-0.3, -0.25) is 9.78 Å². The molecule has 0 bridgehead atoms. The molecule has 1 aromatic carbocycles. The summed E-state index contributed by atoms with van der Waals surface area (Å²) in [6.45, 7) is 2.79. The summed E-state index contributed by atoms with van der Waals surface area (Å²) in [5.41, 5.74) is 2.75. The van der Waals surface area contributed by atoms with Gasteiger partial charge in [0.15, 0.2) is 0 Å². The number of anilines is 1. The van der Waals surface area contributed by atoms with Gasteiger partial charge in [-0.2, -0.15) is 0 Å². The number of benzene rings is 1. The molecule has 1 aromatic heterocycles. The molecule has 3 rings (SSSR count). The predicted octanol–water partition coefficient (Wildman–Crippen LogP) is 4.06. The maximum absolute atomic E-state index is 12.5. The summed E-state index contributed by atoms with van der Waals surface area (Å²) >= 11 is 0. The molecule has 1 aliphatic rings. The third kappa shape index (κ3) is 5.81. The molecular formula is C22H27N3O3. The lowest BCUT2D eigenvalue weighted by molar-refractivity contribution is -0.121. The van der Waals surface area contributed by atoms with E-state index in [9.17, 15) is 9.59 Å². The number of nitrogens with zero attached hydrogens (tertiary/aromatic N) is 1. The average Bonchev–Trinajstić information content (AvgIpc) is 2.73. The Balaban J connectivity index is 1.35. The number of pyridine rings is 1. The maximum Gasteiger partial charge on any atom is 0.407 e. The Labute approximate surface area is 165 Å². The summed E-state index contributed by atoms with van der Waals surface area (Å²) in [4.78, 5) is 28.4. The minimum Gasteiger partial charge on any atom is -0.445 e. The van der Waals surface area contributed by atoms with Gasteiger partial charge < -0.3 is 15.4 Å². The standard InChI is InChI=1S/C22H27N3O3/c1-16-13-23-12-11-20(16)25-21(26)19-9-7-17(8-10-19)14-24-22(27)28-15-18-5-3-2-4-6-18/h2-6,11-13,17,19H,7-10,14-15H2,1H3,(H,24,27)(H,23,25,26). The molecule has 0 aliphatic heterocycles. The fourth-order valence-electron chi connectivity index (χ4n) is 3.48. The topological polar surface area (TPSA) is 80.3 Å². The van der Waals surface area contributed by atoms with E-state index in [4.69, 9.17) is 4.74 Å². The minimum absolute atomic E-state index is 0.0221. The molecule has 2 amide bonds. The summed E-state index contributed by atoms with van der Waals surface area (Å²) in [5.74, 6) is 0.479. The lowest BCUT2D eigenvalue weighted by Gasteiger charge is -2.28. The first-order valence-electron chi connectivity index (χ1n) is 9.78. The highest BCUT2D eigenvalue weighted by atomic mass is 16.5. The highest BCUT2D eigenvalue weighted by Crippen LogP contribution is 2.29. The molecule has 1 aliphatic carbocycles. The Morgan fingerprint density at radius 1 is 1.11 bits per heavy atom. The van der Waals surface area contributed by atoms with E-state index in [1.54, 1.807) is 12.4 Å². The van der Waals surface area contributed by atoms with Crippen LogP contribution in [0, 0.1) is 18.8 Å². The van der Waals surface area contributed by atoms with Gasteiger partial charge in [-0.05, 0) is 55.7 Å². The van der Waals surface area contributed by atoms with Crippen molar-refractivity contribution in [2.24, 2.45) is 11.8 Å². The number of carbonyl (C=O) groups excluding carboxylic acids is 2. The second kappa shape index (κ2) is 9.88. The van der Waals surface area contributed by atoms with Gasteiger partial charge in [-0.15, -0.1) is 0 Å². The highest BCUT2D eigenvalue weighted by molar-refractivity contribution is 5.93. The second-order valence-corrected chi connectivity index (χ2v) is 7.34. The number of nitrogens with one attached hydrogen (secondary N) is 2. The monoisotopic (exact) mass is 381 g/mol. The van der Waals surface area contributed by atoms with Crippen LogP contribution in [0.2, 0.25) is 0 Å². The van der Waals surface area contributed by atoms with Crippen LogP contribution in [-0.4, -0.2) is 23.5 Å². The Kier molecular flexibility index (Phi) is 7.00. The summed E-state index contributed by atoms with van der Waals surface area (Å²) in [7, 11) is 0. The normalized spacial score (nSPS) is 18.9. The summed E-state index contributed by atoms with van der Waals surface area (Å²) in [5, 5.41) is 5.85. The van der Waals surface area contributed by atoms with Gasteiger partial charge in [0.25, 0.3) is 0 Å². The zero-order valence-corrected chi connectivity index (χ0v) is 16.2. The van der Waals surface area contributed by atoms with Crippen molar-refractivity contribution in [3.8, 4) is 0 Å². The quantitative estimate of drug-likeness (QED) is 0.791. The zero-order valence-electron chi connectivity index (χ0n) is 16.2. The van der Waals surface area contributed by atoms with Gasteiger partial charge in [0.1, 0.15) is 6.61 Å².